The van der Waals surface area contributed by atoms with Crippen LogP contribution >= 0.6 is 0 Å². The number of rotatable bonds is 0. The van der Waals surface area contributed by atoms with Crippen LogP contribution in [0.4, 0.5) is 0 Å². The second-order valence-corrected chi connectivity index (χ2v) is 5.37. The van der Waals surface area contributed by atoms with Crippen molar-refractivity contribution >= 4 is 0 Å². The van der Waals surface area contributed by atoms with Gasteiger partial charge in [0.15, 0.2) is 0 Å². The molecular weight excluding hydrogens is 228 g/mol. The maximum absolute atomic E-state index is 11.9. The molecule has 4 heteroatoms. The lowest BCUT2D eigenvalue weighted by atomic mass is 9.72. The van der Waals surface area contributed by atoms with Gasteiger partial charge in [0.05, 0.1) is 5.69 Å². The van der Waals surface area contributed by atoms with Crippen molar-refractivity contribution < 1.29 is 0 Å². The molecule has 0 saturated heterocycles. The normalized spacial score (nSPS) is 15.9. The van der Waals surface area contributed by atoms with E-state index >= 15 is 0 Å². The smallest absolute Gasteiger partial charge is 0.307 e. The predicted molar refractivity (Wildman–Crippen MR) is 69.8 cm³/mol. The van der Waals surface area contributed by atoms with Gasteiger partial charge in [-0.05, 0) is 17.4 Å². The maximum atomic E-state index is 11.9. The first kappa shape index (κ1) is 11.0. The highest BCUT2D eigenvalue weighted by molar-refractivity contribution is 5.71. The van der Waals surface area contributed by atoms with Crippen LogP contribution in [-0.2, 0) is 11.8 Å². The van der Waals surface area contributed by atoms with Crippen molar-refractivity contribution in [2.45, 2.75) is 25.7 Å². The Morgan fingerprint density at radius 3 is 2.61 bits per heavy atom. The lowest BCUT2D eigenvalue weighted by Gasteiger charge is -2.32. The lowest BCUT2D eigenvalue weighted by Crippen LogP contribution is -2.35. The Labute approximate surface area is 104 Å². The molecule has 0 amide bonds. The Morgan fingerprint density at radius 2 is 1.83 bits per heavy atom. The Hall–Kier alpha value is -2.10. The van der Waals surface area contributed by atoms with Crippen LogP contribution in [0.1, 0.15) is 25.0 Å². The van der Waals surface area contributed by atoms with Crippen LogP contribution < -0.4 is 11.2 Å². The summed E-state index contributed by atoms with van der Waals surface area (Å²) in [5, 5.41) is 0. The van der Waals surface area contributed by atoms with Crippen molar-refractivity contribution in [3.8, 4) is 11.3 Å². The van der Waals surface area contributed by atoms with E-state index in [1.165, 1.54) is 5.56 Å². The minimum atomic E-state index is -0.451. The minimum Gasteiger partial charge on any atom is -0.307 e. The van der Waals surface area contributed by atoms with E-state index in [1.807, 2.05) is 18.2 Å². The molecule has 4 nitrogen and oxygen atoms in total. The number of aromatic amines is 2. The van der Waals surface area contributed by atoms with Crippen molar-refractivity contribution in [1.29, 1.82) is 0 Å². The average Bonchev–Trinajstić information content (AvgIpc) is 2.31. The van der Waals surface area contributed by atoms with Crippen molar-refractivity contribution in [1.82, 2.24) is 9.97 Å². The topological polar surface area (TPSA) is 65.7 Å². The van der Waals surface area contributed by atoms with Gasteiger partial charge in [-0.3, -0.25) is 9.78 Å². The summed E-state index contributed by atoms with van der Waals surface area (Å²) in [5.74, 6) is 0. The summed E-state index contributed by atoms with van der Waals surface area (Å²) in [6, 6.07) is 7.91. The number of nitrogens with one attached hydrogen (secondary N) is 2. The molecule has 92 valence electrons. The first-order valence-electron chi connectivity index (χ1n) is 5.94. The fourth-order valence-electron chi connectivity index (χ4n) is 2.74. The molecule has 1 heterocycles. The van der Waals surface area contributed by atoms with Gasteiger partial charge in [-0.1, -0.05) is 38.1 Å². The third-order valence-corrected chi connectivity index (χ3v) is 3.59. The quantitative estimate of drug-likeness (QED) is 0.736. The van der Waals surface area contributed by atoms with E-state index in [-0.39, 0.29) is 11.0 Å². The van der Waals surface area contributed by atoms with E-state index in [0.29, 0.717) is 17.7 Å². The molecule has 2 N–H and O–H groups in total. The van der Waals surface area contributed by atoms with Gasteiger partial charge in [0.2, 0.25) is 0 Å². The van der Waals surface area contributed by atoms with E-state index in [4.69, 9.17) is 0 Å². The van der Waals surface area contributed by atoms with Gasteiger partial charge < -0.3 is 4.98 Å². The molecule has 1 aliphatic rings. The molecule has 2 aromatic rings. The zero-order valence-electron chi connectivity index (χ0n) is 10.3. The van der Waals surface area contributed by atoms with Crippen molar-refractivity contribution in [2.75, 3.05) is 0 Å². The second kappa shape index (κ2) is 3.45. The van der Waals surface area contributed by atoms with Gasteiger partial charge in [0.25, 0.3) is 5.56 Å². The van der Waals surface area contributed by atoms with E-state index < -0.39 is 5.69 Å². The number of fused-ring (bicyclic) bond motifs is 3. The summed E-state index contributed by atoms with van der Waals surface area (Å²) in [4.78, 5) is 28.4. The van der Waals surface area contributed by atoms with E-state index in [0.717, 1.165) is 5.56 Å². The third-order valence-electron chi connectivity index (χ3n) is 3.59. The largest absolute Gasteiger partial charge is 0.326 e. The van der Waals surface area contributed by atoms with Crippen LogP contribution in [-0.4, -0.2) is 9.97 Å². The molecule has 18 heavy (non-hydrogen) atoms. The Bertz CT molecular complexity index is 738. The highest BCUT2D eigenvalue weighted by Gasteiger charge is 2.32. The average molecular weight is 242 g/mol. The number of aromatic nitrogens is 2. The fourth-order valence-corrected chi connectivity index (χ4v) is 2.74. The molecule has 1 aliphatic carbocycles. The molecule has 3 rings (SSSR count). The molecule has 0 aliphatic heterocycles. The molecule has 0 atom stereocenters. The molecule has 1 aromatic carbocycles. The molecule has 0 unspecified atom stereocenters. The summed E-state index contributed by atoms with van der Waals surface area (Å²) in [6.07, 6.45) is 0.630. The minimum absolute atomic E-state index is 0.102. The van der Waals surface area contributed by atoms with Crippen molar-refractivity contribution in [3.63, 3.8) is 0 Å². The predicted octanol–water partition coefficient (Wildman–Crippen LogP) is 1.56. The fraction of sp³-hybridized carbons (Fsp3) is 0.286. The highest BCUT2D eigenvalue weighted by atomic mass is 16.2. The number of hydrogen-bond acceptors (Lipinski definition) is 2. The summed E-state index contributed by atoms with van der Waals surface area (Å²) in [7, 11) is 0. The van der Waals surface area contributed by atoms with Gasteiger partial charge in [-0.15, -0.1) is 0 Å². The maximum Gasteiger partial charge on any atom is 0.326 e. The second-order valence-electron chi connectivity index (χ2n) is 5.37. The summed E-state index contributed by atoms with van der Waals surface area (Å²) >= 11 is 0. The first-order valence-corrected chi connectivity index (χ1v) is 5.94. The van der Waals surface area contributed by atoms with Crippen LogP contribution in [0.5, 0.6) is 0 Å². The summed E-state index contributed by atoms with van der Waals surface area (Å²) in [5.41, 5.74) is 2.61. The molecule has 0 fully saturated rings. The van der Waals surface area contributed by atoms with Crippen LogP contribution in [0.25, 0.3) is 11.3 Å². The van der Waals surface area contributed by atoms with Gasteiger partial charge in [-0.2, -0.15) is 0 Å². The number of hydrogen-bond donors (Lipinski definition) is 2. The lowest BCUT2D eigenvalue weighted by molar-refractivity contribution is 0.511. The third kappa shape index (κ3) is 1.45. The zero-order chi connectivity index (χ0) is 12.9. The van der Waals surface area contributed by atoms with Gasteiger partial charge in [0, 0.05) is 11.1 Å². The van der Waals surface area contributed by atoms with E-state index in [9.17, 15) is 9.59 Å². The van der Waals surface area contributed by atoms with E-state index in [1.54, 1.807) is 0 Å². The highest BCUT2D eigenvalue weighted by Crippen LogP contribution is 2.40. The van der Waals surface area contributed by atoms with Crippen molar-refractivity contribution in [2.24, 2.45) is 0 Å². The first-order chi connectivity index (χ1) is 8.49. The van der Waals surface area contributed by atoms with Gasteiger partial charge in [-0.25, -0.2) is 4.79 Å². The molecule has 0 bridgehead atoms. The van der Waals surface area contributed by atoms with Crippen molar-refractivity contribution in [3.05, 3.63) is 56.2 Å². The van der Waals surface area contributed by atoms with Crippen LogP contribution in [0.3, 0.4) is 0 Å². The zero-order valence-corrected chi connectivity index (χ0v) is 10.3. The van der Waals surface area contributed by atoms with Crippen LogP contribution in [0, 0.1) is 0 Å². The van der Waals surface area contributed by atoms with Gasteiger partial charge in [0.1, 0.15) is 0 Å². The number of H-pyrrole nitrogens is 2. The van der Waals surface area contributed by atoms with Crippen LogP contribution in [0.15, 0.2) is 33.9 Å². The Morgan fingerprint density at radius 1 is 1.11 bits per heavy atom. The monoisotopic (exact) mass is 242 g/mol. The summed E-state index contributed by atoms with van der Waals surface area (Å²) < 4.78 is 0. The molecule has 0 saturated carbocycles. The Kier molecular flexibility index (Phi) is 2.11. The molecule has 0 spiro atoms. The molecule has 1 aromatic heterocycles. The van der Waals surface area contributed by atoms with E-state index in [2.05, 4.69) is 29.9 Å². The molecular formula is C14H14N2O2. The van der Waals surface area contributed by atoms with Crippen LogP contribution in [0.2, 0.25) is 0 Å². The SMILES string of the molecule is CC1(C)Cc2c([nH]c(=O)[nH]c2=O)-c2ccccc21. The van der Waals surface area contributed by atoms with Gasteiger partial charge >= 0.3 is 5.69 Å². The standard InChI is InChI=1S/C14H14N2O2/c1-14(2)7-9-11(15-13(18)16-12(9)17)8-5-3-4-6-10(8)14/h3-6H,7H2,1-2H3,(H2,15,16,17,18). The number of benzene rings is 1. The molecule has 0 radical (unpaired) electrons. The Balaban J connectivity index is 2.44. The summed E-state index contributed by atoms with van der Waals surface area (Å²) in [6.45, 7) is 4.22.